The molecule has 3 aromatic carbocycles. The maximum Gasteiger partial charge on any atom is 0.251 e. The van der Waals surface area contributed by atoms with Crippen molar-refractivity contribution < 1.29 is 9.90 Å². The maximum atomic E-state index is 13.5. The quantitative estimate of drug-likeness (QED) is 0.288. The molecule has 0 saturated carbocycles. The molecule has 4 nitrogen and oxygen atoms in total. The van der Waals surface area contributed by atoms with Crippen LogP contribution in [0.25, 0.3) is 0 Å². The van der Waals surface area contributed by atoms with Crippen LogP contribution in [0.5, 0.6) is 5.75 Å². The standard InChI is InChI=1S/C28H23Cl2NO3/c1-18-5-4-8-27(34)31(18)28(20-11-15-22(32)16-12-20)24(19-9-13-21(29)14-10-19)17-26(33)23-6-2-3-7-25(23)30/h2-16,24,28,32H,17H2,1H3/t24-,28+/m1/s1. The first-order chi connectivity index (χ1) is 16.3. The van der Waals surface area contributed by atoms with Gasteiger partial charge >= 0.3 is 0 Å². The van der Waals surface area contributed by atoms with Crippen molar-refractivity contribution in [1.82, 2.24) is 4.57 Å². The van der Waals surface area contributed by atoms with Crippen LogP contribution in [0, 0.1) is 6.92 Å². The van der Waals surface area contributed by atoms with Crippen molar-refractivity contribution >= 4 is 29.0 Å². The Balaban J connectivity index is 1.91. The lowest BCUT2D eigenvalue weighted by Gasteiger charge is -2.31. The molecule has 0 unspecified atom stereocenters. The van der Waals surface area contributed by atoms with E-state index in [1.54, 1.807) is 71.3 Å². The molecule has 4 aromatic rings. The fourth-order valence-corrected chi connectivity index (χ4v) is 4.68. The lowest BCUT2D eigenvalue weighted by Crippen LogP contribution is -2.31. The molecule has 4 rings (SSSR count). The Labute approximate surface area is 208 Å². The topological polar surface area (TPSA) is 59.3 Å². The molecule has 0 aliphatic carbocycles. The molecule has 0 aliphatic heterocycles. The van der Waals surface area contributed by atoms with Crippen LogP contribution in [0.15, 0.2) is 95.8 Å². The molecule has 0 aliphatic rings. The first-order valence-corrected chi connectivity index (χ1v) is 11.6. The zero-order chi connectivity index (χ0) is 24.2. The summed E-state index contributed by atoms with van der Waals surface area (Å²) in [5.41, 5.74) is 2.67. The third kappa shape index (κ3) is 5.09. The second-order valence-electron chi connectivity index (χ2n) is 8.18. The number of aryl methyl sites for hydroxylation is 1. The fraction of sp³-hybridized carbons (Fsp3) is 0.143. The second-order valence-corrected chi connectivity index (χ2v) is 9.02. The first kappa shape index (κ1) is 23.8. The van der Waals surface area contributed by atoms with Crippen molar-refractivity contribution in [3.63, 3.8) is 0 Å². The monoisotopic (exact) mass is 491 g/mol. The zero-order valence-electron chi connectivity index (χ0n) is 18.5. The van der Waals surface area contributed by atoms with Crippen LogP contribution in [0.3, 0.4) is 0 Å². The Morgan fingerprint density at radius 2 is 1.50 bits per heavy atom. The minimum atomic E-state index is -0.512. The van der Waals surface area contributed by atoms with Crippen LogP contribution in [0.2, 0.25) is 10.0 Å². The van der Waals surface area contributed by atoms with Crippen molar-refractivity contribution in [2.45, 2.75) is 25.3 Å². The number of phenolic OH excluding ortho intramolecular Hbond substituents is 1. The summed E-state index contributed by atoms with van der Waals surface area (Å²) in [6.07, 6.45) is 0.109. The van der Waals surface area contributed by atoms with Crippen molar-refractivity contribution in [3.05, 3.63) is 134 Å². The number of phenols is 1. The number of benzene rings is 3. The summed E-state index contributed by atoms with van der Waals surface area (Å²) in [4.78, 5) is 26.6. The Bertz CT molecular complexity index is 1360. The number of pyridine rings is 1. The molecule has 1 N–H and O–H groups in total. The molecular formula is C28H23Cl2NO3. The summed E-state index contributed by atoms with van der Waals surface area (Å²) >= 11 is 12.5. The highest BCUT2D eigenvalue weighted by atomic mass is 35.5. The van der Waals surface area contributed by atoms with E-state index in [9.17, 15) is 14.7 Å². The van der Waals surface area contributed by atoms with Gasteiger partial charge in [-0.25, -0.2) is 0 Å². The number of carbonyl (C=O) groups is 1. The minimum Gasteiger partial charge on any atom is -0.508 e. The number of ketones is 1. The first-order valence-electron chi connectivity index (χ1n) is 10.9. The second kappa shape index (κ2) is 10.3. The number of hydrogen-bond donors (Lipinski definition) is 1. The summed E-state index contributed by atoms with van der Waals surface area (Å²) in [7, 11) is 0. The molecule has 0 bridgehead atoms. The molecule has 1 aromatic heterocycles. The van der Waals surface area contributed by atoms with E-state index in [0.717, 1.165) is 16.8 Å². The molecular weight excluding hydrogens is 469 g/mol. The van der Waals surface area contributed by atoms with Gasteiger partial charge in [0.2, 0.25) is 0 Å². The van der Waals surface area contributed by atoms with Crippen LogP contribution in [-0.2, 0) is 0 Å². The SMILES string of the molecule is Cc1cccc(=O)n1[C@@H](c1ccc(O)cc1)[C@H](CC(=O)c1ccccc1Cl)c1ccc(Cl)cc1. The number of halogens is 2. The van der Waals surface area contributed by atoms with Crippen molar-refractivity contribution in [2.75, 3.05) is 0 Å². The largest absolute Gasteiger partial charge is 0.508 e. The average molecular weight is 492 g/mol. The molecule has 1 heterocycles. The van der Waals surface area contributed by atoms with Crippen LogP contribution < -0.4 is 5.56 Å². The average Bonchev–Trinajstić information content (AvgIpc) is 2.82. The molecule has 0 saturated heterocycles. The van der Waals surface area contributed by atoms with E-state index in [4.69, 9.17) is 23.2 Å². The number of Topliss-reactive ketones (excluding diaryl/α,β-unsaturated/α-hetero) is 1. The van der Waals surface area contributed by atoms with Crippen molar-refractivity contribution in [3.8, 4) is 5.75 Å². The Hall–Kier alpha value is -3.34. The zero-order valence-corrected chi connectivity index (χ0v) is 20.0. The molecule has 34 heavy (non-hydrogen) atoms. The highest BCUT2D eigenvalue weighted by molar-refractivity contribution is 6.34. The van der Waals surface area contributed by atoms with Gasteiger partial charge in [-0.1, -0.05) is 65.7 Å². The van der Waals surface area contributed by atoms with Crippen LogP contribution >= 0.6 is 23.2 Å². The van der Waals surface area contributed by atoms with Gasteiger partial charge in [-0.05, 0) is 60.5 Å². The van der Waals surface area contributed by atoms with Gasteiger partial charge in [0.1, 0.15) is 5.75 Å². The van der Waals surface area contributed by atoms with E-state index in [0.29, 0.717) is 15.6 Å². The summed E-state index contributed by atoms with van der Waals surface area (Å²) in [6.45, 7) is 1.86. The van der Waals surface area contributed by atoms with Gasteiger partial charge in [-0.2, -0.15) is 0 Å². The molecule has 2 atom stereocenters. The molecule has 0 spiro atoms. The fourth-order valence-electron chi connectivity index (χ4n) is 4.31. The minimum absolute atomic E-state index is 0.109. The van der Waals surface area contributed by atoms with Gasteiger partial charge < -0.3 is 9.67 Å². The Morgan fingerprint density at radius 3 is 2.15 bits per heavy atom. The van der Waals surface area contributed by atoms with E-state index in [1.807, 2.05) is 25.1 Å². The summed E-state index contributed by atoms with van der Waals surface area (Å²) in [5, 5.41) is 10.8. The third-order valence-corrected chi connectivity index (χ3v) is 6.55. The maximum absolute atomic E-state index is 13.5. The molecule has 0 amide bonds. The van der Waals surface area contributed by atoms with E-state index in [2.05, 4.69) is 0 Å². The number of carbonyl (C=O) groups excluding carboxylic acids is 1. The van der Waals surface area contributed by atoms with E-state index in [1.165, 1.54) is 6.07 Å². The predicted octanol–water partition coefficient (Wildman–Crippen LogP) is 6.82. The molecule has 6 heteroatoms. The summed E-state index contributed by atoms with van der Waals surface area (Å²) < 4.78 is 1.70. The number of rotatable bonds is 7. The summed E-state index contributed by atoms with van der Waals surface area (Å²) in [5.74, 6) is -0.421. The highest BCUT2D eigenvalue weighted by Crippen LogP contribution is 2.39. The molecule has 0 fully saturated rings. The molecule has 0 radical (unpaired) electrons. The van der Waals surface area contributed by atoms with Gasteiger partial charge in [0.05, 0.1) is 11.1 Å². The van der Waals surface area contributed by atoms with Crippen LogP contribution in [0.1, 0.15) is 45.6 Å². The third-order valence-electron chi connectivity index (χ3n) is 5.97. The molecule has 172 valence electrons. The highest BCUT2D eigenvalue weighted by Gasteiger charge is 2.31. The Morgan fingerprint density at radius 1 is 0.853 bits per heavy atom. The van der Waals surface area contributed by atoms with Crippen molar-refractivity contribution in [1.29, 1.82) is 0 Å². The number of aromatic hydroxyl groups is 1. The predicted molar refractivity (Wildman–Crippen MR) is 136 cm³/mol. The van der Waals surface area contributed by atoms with E-state index in [-0.39, 0.29) is 23.5 Å². The lowest BCUT2D eigenvalue weighted by atomic mass is 9.82. The van der Waals surface area contributed by atoms with Gasteiger partial charge in [0, 0.05) is 34.7 Å². The summed E-state index contributed by atoms with van der Waals surface area (Å²) in [6, 6.07) is 25.6. The van der Waals surface area contributed by atoms with Crippen LogP contribution in [-0.4, -0.2) is 15.5 Å². The number of aromatic nitrogens is 1. The van der Waals surface area contributed by atoms with E-state index < -0.39 is 12.0 Å². The van der Waals surface area contributed by atoms with Gasteiger partial charge in [0.25, 0.3) is 5.56 Å². The van der Waals surface area contributed by atoms with Gasteiger partial charge in [-0.3, -0.25) is 9.59 Å². The Kier molecular flexibility index (Phi) is 7.20. The normalized spacial score (nSPS) is 12.8. The van der Waals surface area contributed by atoms with Gasteiger partial charge in [-0.15, -0.1) is 0 Å². The van der Waals surface area contributed by atoms with E-state index >= 15 is 0 Å². The van der Waals surface area contributed by atoms with Gasteiger partial charge in [0.15, 0.2) is 5.78 Å². The number of nitrogens with zero attached hydrogens (tertiary/aromatic N) is 1. The van der Waals surface area contributed by atoms with Crippen molar-refractivity contribution in [2.24, 2.45) is 0 Å². The lowest BCUT2D eigenvalue weighted by molar-refractivity contribution is 0.0967. The van der Waals surface area contributed by atoms with Crippen LogP contribution in [0.4, 0.5) is 0 Å². The smallest absolute Gasteiger partial charge is 0.251 e. The number of hydrogen-bond acceptors (Lipinski definition) is 3.